The van der Waals surface area contributed by atoms with E-state index in [0.717, 1.165) is 18.9 Å². The van der Waals surface area contributed by atoms with Crippen molar-refractivity contribution in [2.24, 2.45) is 0 Å². The maximum atomic E-state index is 13.1. The summed E-state index contributed by atoms with van der Waals surface area (Å²) in [4.78, 5) is 18.6. The van der Waals surface area contributed by atoms with Crippen molar-refractivity contribution in [2.45, 2.75) is 0 Å². The minimum atomic E-state index is -0.527. The number of carbonyl (C=O) groups excluding carboxylic acids is 1. The van der Waals surface area contributed by atoms with Crippen molar-refractivity contribution in [2.75, 3.05) is 36.5 Å². The maximum Gasteiger partial charge on any atom is 0.257 e. The van der Waals surface area contributed by atoms with Gasteiger partial charge in [-0.3, -0.25) is 4.79 Å². The molecule has 0 aliphatic carbocycles. The first-order valence-electron chi connectivity index (χ1n) is 7.18. The minimum Gasteiger partial charge on any atom is -0.378 e. The van der Waals surface area contributed by atoms with Gasteiger partial charge in [0.2, 0.25) is 0 Å². The highest BCUT2D eigenvalue weighted by atomic mass is 35.5. The summed E-state index contributed by atoms with van der Waals surface area (Å²) >= 11 is 5.70. The second kappa shape index (κ2) is 6.93. The zero-order valence-corrected chi connectivity index (χ0v) is 13.0. The first-order valence-corrected chi connectivity index (χ1v) is 7.56. The third-order valence-corrected chi connectivity index (χ3v) is 3.81. The molecule has 5 nitrogen and oxygen atoms in total. The van der Waals surface area contributed by atoms with Gasteiger partial charge in [-0.05, 0) is 30.3 Å². The molecular weight excluding hydrogens is 321 g/mol. The zero-order valence-electron chi connectivity index (χ0n) is 12.3. The third kappa shape index (κ3) is 3.78. The second-order valence-corrected chi connectivity index (χ2v) is 5.49. The number of hydrogen-bond acceptors (Lipinski definition) is 4. The number of ether oxygens (including phenoxy) is 1. The second-order valence-electron chi connectivity index (χ2n) is 5.09. The van der Waals surface area contributed by atoms with E-state index in [1.807, 2.05) is 0 Å². The van der Waals surface area contributed by atoms with E-state index in [4.69, 9.17) is 16.3 Å². The highest BCUT2D eigenvalue weighted by Crippen LogP contribution is 2.20. The molecule has 1 aromatic heterocycles. The van der Waals surface area contributed by atoms with Gasteiger partial charge in [0.1, 0.15) is 11.6 Å². The summed E-state index contributed by atoms with van der Waals surface area (Å²) in [5.74, 6) is -0.0374. The van der Waals surface area contributed by atoms with Crippen molar-refractivity contribution in [1.29, 1.82) is 0 Å². The summed E-state index contributed by atoms with van der Waals surface area (Å²) in [6, 6.07) is 7.53. The Morgan fingerprint density at radius 3 is 2.70 bits per heavy atom. The van der Waals surface area contributed by atoms with Gasteiger partial charge in [0.15, 0.2) is 0 Å². The van der Waals surface area contributed by atoms with Crippen LogP contribution in [0.3, 0.4) is 0 Å². The Kier molecular flexibility index (Phi) is 4.73. The molecule has 7 heteroatoms. The molecular formula is C16H15ClFN3O2. The Hall–Kier alpha value is -2.18. The Labute approximate surface area is 138 Å². The van der Waals surface area contributed by atoms with Gasteiger partial charge in [-0.1, -0.05) is 11.6 Å². The van der Waals surface area contributed by atoms with Crippen molar-refractivity contribution in [3.8, 4) is 0 Å². The van der Waals surface area contributed by atoms with Gasteiger partial charge < -0.3 is 15.0 Å². The summed E-state index contributed by atoms with van der Waals surface area (Å²) in [6.07, 6.45) is 1.52. The summed E-state index contributed by atoms with van der Waals surface area (Å²) in [5.41, 5.74) is 0.848. The van der Waals surface area contributed by atoms with Crippen molar-refractivity contribution in [3.05, 3.63) is 52.9 Å². The van der Waals surface area contributed by atoms with Crippen LogP contribution in [0.4, 0.5) is 15.9 Å². The van der Waals surface area contributed by atoms with Gasteiger partial charge in [0.05, 0.1) is 23.8 Å². The first kappa shape index (κ1) is 15.7. The molecule has 1 amide bonds. The molecule has 0 spiro atoms. The average Bonchev–Trinajstić information content (AvgIpc) is 2.59. The largest absolute Gasteiger partial charge is 0.378 e. The van der Waals surface area contributed by atoms with E-state index >= 15 is 0 Å². The van der Waals surface area contributed by atoms with Crippen molar-refractivity contribution < 1.29 is 13.9 Å². The van der Waals surface area contributed by atoms with Crippen LogP contribution >= 0.6 is 11.6 Å². The van der Waals surface area contributed by atoms with Crippen molar-refractivity contribution in [3.63, 3.8) is 0 Å². The lowest BCUT2D eigenvalue weighted by atomic mass is 10.2. The Morgan fingerprint density at radius 1 is 1.26 bits per heavy atom. The molecule has 1 aromatic carbocycles. The molecule has 3 rings (SSSR count). The SMILES string of the molecule is O=C(Nc1ccc(F)c(Cl)c1)c1ccc(N2CCOCC2)nc1. The van der Waals surface area contributed by atoms with Gasteiger partial charge in [-0.15, -0.1) is 0 Å². The van der Waals surface area contributed by atoms with Gasteiger partial charge >= 0.3 is 0 Å². The minimum absolute atomic E-state index is 0.0383. The lowest BCUT2D eigenvalue weighted by molar-refractivity contribution is 0.102. The predicted octanol–water partition coefficient (Wildman–Crippen LogP) is 2.96. The standard InChI is InChI=1S/C16H15ClFN3O2/c17-13-9-12(2-3-14(13)18)20-16(22)11-1-4-15(19-10-11)21-5-7-23-8-6-21/h1-4,9-10H,5-8H2,(H,20,22). The van der Waals surface area contributed by atoms with Crippen LogP contribution in [0.1, 0.15) is 10.4 Å². The highest BCUT2D eigenvalue weighted by Gasteiger charge is 2.13. The number of benzene rings is 1. The van der Waals surface area contributed by atoms with E-state index in [1.165, 1.54) is 24.4 Å². The van der Waals surface area contributed by atoms with E-state index in [9.17, 15) is 9.18 Å². The molecule has 0 saturated carbocycles. The molecule has 2 heterocycles. The molecule has 120 valence electrons. The number of nitrogens with zero attached hydrogens (tertiary/aromatic N) is 2. The Bertz CT molecular complexity index is 703. The molecule has 1 fully saturated rings. The molecule has 0 radical (unpaired) electrons. The van der Waals surface area contributed by atoms with E-state index in [2.05, 4.69) is 15.2 Å². The van der Waals surface area contributed by atoms with E-state index in [1.54, 1.807) is 12.1 Å². The molecule has 2 aromatic rings. The number of amides is 1. The van der Waals surface area contributed by atoms with Crippen LogP contribution < -0.4 is 10.2 Å². The summed E-state index contributed by atoms with van der Waals surface area (Å²) in [6.45, 7) is 2.92. The van der Waals surface area contributed by atoms with Crippen LogP contribution in [-0.4, -0.2) is 37.2 Å². The third-order valence-electron chi connectivity index (χ3n) is 3.52. The Balaban J connectivity index is 1.68. The fraction of sp³-hybridized carbons (Fsp3) is 0.250. The number of carbonyl (C=O) groups is 1. The van der Waals surface area contributed by atoms with E-state index in [-0.39, 0.29) is 10.9 Å². The van der Waals surface area contributed by atoms with Gasteiger partial charge in [0, 0.05) is 25.0 Å². The molecule has 0 unspecified atom stereocenters. The summed E-state index contributed by atoms with van der Waals surface area (Å²) in [5, 5.41) is 2.62. The number of hydrogen-bond donors (Lipinski definition) is 1. The van der Waals surface area contributed by atoms with Gasteiger partial charge in [-0.25, -0.2) is 9.37 Å². The number of morpholine rings is 1. The molecule has 1 saturated heterocycles. The fourth-order valence-electron chi connectivity index (χ4n) is 2.28. The average molecular weight is 336 g/mol. The topological polar surface area (TPSA) is 54.5 Å². The van der Waals surface area contributed by atoms with Crippen LogP contribution in [0, 0.1) is 5.82 Å². The van der Waals surface area contributed by atoms with Crippen LogP contribution in [0.15, 0.2) is 36.5 Å². The van der Waals surface area contributed by atoms with Crippen LogP contribution in [0.5, 0.6) is 0 Å². The normalized spacial score (nSPS) is 14.6. The molecule has 0 atom stereocenters. The predicted molar refractivity (Wildman–Crippen MR) is 86.6 cm³/mol. The first-order chi connectivity index (χ1) is 11.1. The zero-order chi connectivity index (χ0) is 16.2. The number of nitrogens with one attached hydrogen (secondary N) is 1. The van der Waals surface area contributed by atoms with Crippen LogP contribution in [0.2, 0.25) is 5.02 Å². The number of pyridine rings is 1. The van der Waals surface area contributed by atoms with Crippen molar-refractivity contribution in [1.82, 2.24) is 4.98 Å². The molecule has 0 bridgehead atoms. The molecule has 1 aliphatic rings. The monoisotopic (exact) mass is 335 g/mol. The quantitative estimate of drug-likeness (QED) is 0.937. The van der Waals surface area contributed by atoms with Crippen LogP contribution in [-0.2, 0) is 4.74 Å². The number of aromatic nitrogens is 1. The van der Waals surface area contributed by atoms with E-state index in [0.29, 0.717) is 24.5 Å². The molecule has 1 aliphatic heterocycles. The smallest absolute Gasteiger partial charge is 0.257 e. The van der Waals surface area contributed by atoms with Gasteiger partial charge in [0.25, 0.3) is 5.91 Å². The summed E-state index contributed by atoms with van der Waals surface area (Å²) < 4.78 is 18.4. The van der Waals surface area contributed by atoms with Crippen molar-refractivity contribution >= 4 is 29.0 Å². The lowest BCUT2D eigenvalue weighted by Crippen LogP contribution is -2.36. The highest BCUT2D eigenvalue weighted by molar-refractivity contribution is 6.31. The lowest BCUT2D eigenvalue weighted by Gasteiger charge is -2.27. The maximum absolute atomic E-state index is 13.1. The van der Waals surface area contributed by atoms with E-state index < -0.39 is 5.82 Å². The number of halogens is 2. The van der Waals surface area contributed by atoms with Gasteiger partial charge in [-0.2, -0.15) is 0 Å². The van der Waals surface area contributed by atoms with Crippen LogP contribution in [0.25, 0.3) is 0 Å². The Morgan fingerprint density at radius 2 is 2.04 bits per heavy atom. The molecule has 1 N–H and O–H groups in total. The number of rotatable bonds is 3. The summed E-state index contributed by atoms with van der Waals surface area (Å²) in [7, 11) is 0. The fourth-order valence-corrected chi connectivity index (χ4v) is 2.46. The number of anilines is 2. The molecule has 23 heavy (non-hydrogen) atoms.